The van der Waals surface area contributed by atoms with Gasteiger partial charge in [-0.25, -0.2) is 0 Å². The fraction of sp³-hybridized carbons (Fsp3) is 0.0889. The molecule has 352 valence electrons. The molecule has 21 nitrogen and oxygen atoms in total. The topological polar surface area (TPSA) is 332 Å². The summed E-state index contributed by atoms with van der Waals surface area (Å²) in [5.41, 5.74) is 4.35. The molecule has 69 heavy (non-hydrogen) atoms. The molecular weight excluding hydrogens is 955 g/mol. The SMILES string of the molecule is Cc1cc(N=Nc2cc(C)c(N=Nc3c(S(=O)(=O)O)cc4cc(NC(=O)c5ccccc5O)ccc4c3O)cc2C)ccc1N=Nc1ccc(N=Nc2ccc(S(=O)(=O)O)cc2S(=O)(=O)O)c(C)c1. The van der Waals surface area contributed by atoms with Crippen molar-refractivity contribution in [3.05, 3.63) is 143 Å². The number of anilines is 1. The number of para-hydroxylation sites is 1. The summed E-state index contributed by atoms with van der Waals surface area (Å²) in [4.78, 5) is 10.4. The van der Waals surface area contributed by atoms with Gasteiger partial charge in [0.05, 0.1) is 44.6 Å². The van der Waals surface area contributed by atoms with E-state index in [2.05, 4.69) is 46.2 Å². The number of hydrogen-bond acceptors (Lipinski definition) is 17. The summed E-state index contributed by atoms with van der Waals surface area (Å²) >= 11 is 0. The second-order valence-electron chi connectivity index (χ2n) is 15.2. The largest absolute Gasteiger partial charge is 0.507 e. The minimum absolute atomic E-state index is 0.00411. The molecule has 0 spiro atoms. The summed E-state index contributed by atoms with van der Waals surface area (Å²) in [6.45, 7) is 6.95. The van der Waals surface area contributed by atoms with Gasteiger partial charge in [-0.2, -0.15) is 55.9 Å². The number of aromatic hydroxyl groups is 2. The quantitative estimate of drug-likeness (QED) is 0.0464. The normalized spacial score (nSPS) is 12.6. The summed E-state index contributed by atoms with van der Waals surface area (Å²) in [6.07, 6.45) is 0. The van der Waals surface area contributed by atoms with E-state index in [1.807, 2.05) is 0 Å². The first kappa shape index (κ1) is 48.9. The number of hydrogen-bond donors (Lipinski definition) is 6. The third kappa shape index (κ3) is 11.4. The summed E-state index contributed by atoms with van der Waals surface area (Å²) in [5, 5.41) is 57.7. The molecule has 0 aromatic heterocycles. The lowest BCUT2D eigenvalue weighted by Crippen LogP contribution is -2.11. The first-order valence-electron chi connectivity index (χ1n) is 19.9. The van der Waals surface area contributed by atoms with Gasteiger partial charge in [-0.05, 0) is 158 Å². The number of aryl methyl sites for hydroxylation is 4. The molecule has 0 aliphatic rings. The number of rotatable bonds is 13. The number of benzene rings is 7. The average Bonchev–Trinajstić information content (AvgIpc) is 3.27. The Morgan fingerprint density at radius 1 is 0.478 bits per heavy atom. The molecule has 1 amide bonds. The number of phenolic OH excluding ortho intramolecular Hbond substituents is 2. The molecule has 0 atom stereocenters. The lowest BCUT2D eigenvalue weighted by Gasteiger charge is -2.11. The van der Waals surface area contributed by atoms with Crippen LogP contribution in [-0.2, 0) is 30.4 Å². The van der Waals surface area contributed by atoms with Crippen LogP contribution in [0.15, 0.2) is 171 Å². The Balaban J connectivity index is 1.05. The smallest absolute Gasteiger partial charge is 0.296 e. The monoisotopic (exact) mass is 991 g/mol. The number of carbonyl (C=O) groups is 1. The summed E-state index contributed by atoms with van der Waals surface area (Å²) < 4.78 is 101. The zero-order valence-corrected chi connectivity index (χ0v) is 38.8. The summed E-state index contributed by atoms with van der Waals surface area (Å²) in [7, 11) is -14.6. The summed E-state index contributed by atoms with van der Waals surface area (Å²) in [5.74, 6) is -1.47. The van der Waals surface area contributed by atoms with Crippen LogP contribution in [-0.4, -0.2) is 55.0 Å². The van der Waals surface area contributed by atoms with Gasteiger partial charge in [-0.1, -0.05) is 12.1 Å². The van der Waals surface area contributed by atoms with Gasteiger partial charge in [-0.3, -0.25) is 18.5 Å². The van der Waals surface area contributed by atoms with Crippen molar-refractivity contribution in [3.8, 4) is 11.5 Å². The minimum Gasteiger partial charge on any atom is -0.507 e. The van der Waals surface area contributed by atoms with Crippen LogP contribution in [0.25, 0.3) is 10.8 Å². The van der Waals surface area contributed by atoms with Crippen LogP contribution >= 0.6 is 0 Å². The van der Waals surface area contributed by atoms with Crippen molar-refractivity contribution < 1.29 is 53.9 Å². The molecular formula is C45H37N9O12S3. The minimum atomic E-state index is -4.95. The van der Waals surface area contributed by atoms with Crippen LogP contribution in [0.3, 0.4) is 0 Å². The van der Waals surface area contributed by atoms with Crippen LogP contribution < -0.4 is 5.32 Å². The van der Waals surface area contributed by atoms with Gasteiger partial charge in [0, 0.05) is 11.1 Å². The van der Waals surface area contributed by atoms with Crippen molar-refractivity contribution in [2.75, 3.05) is 5.32 Å². The number of amides is 1. The second kappa shape index (κ2) is 19.3. The van der Waals surface area contributed by atoms with Crippen LogP contribution in [0, 0.1) is 27.7 Å². The molecule has 24 heteroatoms. The van der Waals surface area contributed by atoms with Gasteiger partial charge in [-0.15, -0.1) is 10.2 Å². The number of fused-ring (bicyclic) bond motifs is 1. The maximum Gasteiger partial charge on any atom is 0.296 e. The standard InChI is InChI=1S/C45H37N9O12S3/c1-24-17-31(10-14-35(24)49-47-30-11-15-36(25(2)18-30)50-51-37-16-12-32(67(58,59)60)23-41(37)68(61,62)63)48-52-38-19-27(4)39(20-26(38)3)53-54-43-42(69(64,65)66)22-28-21-29(9-13-33(28)44(43)56)46-45(57)34-7-5-6-8-40(34)55/h5-23,55-56H,1-4H3,(H,46,57)(H,58,59,60)(H,61,62,63)(H,64,65,66). The molecule has 0 bridgehead atoms. The zero-order chi connectivity index (χ0) is 50.0. The van der Waals surface area contributed by atoms with Crippen LogP contribution in [0.4, 0.5) is 51.2 Å². The highest BCUT2D eigenvalue weighted by Crippen LogP contribution is 2.43. The zero-order valence-electron chi connectivity index (χ0n) is 36.4. The molecule has 0 heterocycles. The molecule has 0 fully saturated rings. The van der Waals surface area contributed by atoms with E-state index in [4.69, 9.17) is 0 Å². The van der Waals surface area contributed by atoms with E-state index in [0.717, 1.165) is 18.2 Å². The molecule has 0 saturated heterocycles. The molecule has 0 unspecified atom stereocenters. The predicted octanol–water partition coefficient (Wildman–Crippen LogP) is 12.1. The van der Waals surface area contributed by atoms with Crippen molar-refractivity contribution in [2.45, 2.75) is 42.4 Å². The first-order chi connectivity index (χ1) is 32.5. The molecule has 7 rings (SSSR count). The molecule has 7 aromatic carbocycles. The number of carbonyl (C=O) groups excluding carboxylic acids is 1. The second-order valence-corrected chi connectivity index (χ2v) is 19.4. The highest BCUT2D eigenvalue weighted by atomic mass is 32.2. The lowest BCUT2D eigenvalue weighted by molar-refractivity contribution is 0.102. The maximum absolute atomic E-state index is 12.8. The highest BCUT2D eigenvalue weighted by molar-refractivity contribution is 7.87. The van der Waals surface area contributed by atoms with E-state index in [-0.39, 0.29) is 33.5 Å². The van der Waals surface area contributed by atoms with Gasteiger partial charge in [0.25, 0.3) is 36.3 Å². The number of nitrogens with zero attached hydrogens (tertiary/aromatic N) is 8. The van der Waals surface area contributed by atoms with Crippen molar-refractivity contribution in [2.24, 2.45) is 40.9 Å². The Hall–Kier alpha value is -8.00. The molecule has 0 aliphatic heterocycles. The van der Waals surface area contributed by atoms with E-state index in [1.165, 1.54) is 30.3 Å². The van der Waals surface area contributed by atoms with E-state index < -0.39 is 62.4 Å². The average molecular weight is 992 g/mol. The van der Waals surface area contributed by atoms with Gasteiger partial charge >= 0.3 is 0 Å². The Labute approximate surface area is 393 Å². The number of nitrogens with one attached hydrogen (secondary N) is 1. The molecule has 6 N–H and O–H groups in total. The maximum atomic E-state index is 12.8. The van der Waals surface area contributed by atoms with Gasteiger partial charge < -0.3 is 15.5 Å². The third-order valence-electron chi connectivity index (χ3n) is 10.2. The van der Waals surface area contributed by atoms with Crippen LogP contribution in [0.1, 0.15) is 32.6 Å². The van der Waals surface area contributed by atoms with Crippen molar-refractivity contribution in [1.29, 1.82) is 0 Å². The Kier molecular flexibility index (Phi) is 13.7. The van der Waals surface area contributed by atoms with Crippen molar-refractivity contribution in [3.63, 3.8) is 0 Å². The van der Waals surface area contributed by atoms with Crippen molar-refractivity contribution >= 4 is 98.2 Å². The molecule has 0 radical (unpaired) electrons. The van der Waals surface area contributed by atoms with E-state index in [0.29, 0.717) is 62.4 Å². The molecule has 0 saturated carbocycles. The van der Waals surface area contributed by atoms with Gasteiger partial charge in [0.15, 0.2) is 5.75 Å². The predicted molar refractivity (Wildman–Crippen MR) is 253 cm³/mol. The Morgan fingerprint density at radius 2 is 0.986 bits per heavy atom. The van der Waals surface area contributed by atoms with Crippen LogP contribution in [0.2, 0.25) is 0 Å². The van der Waals surface area contributed by atoms with Gasteiger partial charge in [0.2, 0.25) is 0 Å². The van der Waals surface area contributed by atoms with E-state index in [9.17, 15) is 53.9 Å². The fourth-order valence-corrected chi connectivity index (χ4v) is 8.48. The van der Waals surface area contributed by atoms with E-state index in [1.54, 1.807) is 88.4 Å². The molecule has 0 aliphatic carbocycles. The Morgan fingerprint density at radius 3 is 1.54 bits per heavy atom. The van der Waals surface area contributed by atoms with Gasteiger partial charge in [0.1, 0.15) is 26.9 Å². The summed E-state index contributed by atoms with van der Waals surface area (Å²) in [6, 6.07) is 26.9. The van der Waals surface area contributed by atoms with Crippen molar-refractivity contribution in [1.82, 2.24) is 0 Å². The molecule has 7 aromatic rings. The number of azo groups is 4. The first-order valence-corrected chi connectivity index (χ1v) is 24.2. The fourth-order valence-electron chi connectivity index (χ4n) is 6.59. The van der Waals surface area contributed by atoms with Crippen LogP contribution in [0.5, 0.6) is 11.5 Å². The number of phenols is 2. The highest BCUT2D eigenvalue weighted by Gasteiger charge is 2.24. The lowest BCUT2D eigenvalue weighted by atomic mass is 10.1. The van der Waals surface area contributed by atoms with E-state index >= 15 is 0 Å². The third-order valence-corrected chi connectivity index (χ3v) is 12.8. The Bertz CT molecular complexity index is 3730.